The van der Waals surface area contributed by atoms with E-state index in [4.69, 9.17) is 24.1 Å². The van der Waals surface area contributed by atoms with E-state index in [0.717, 1.165) is 37.0 Å². The number of carbonyl (C=O) groups excluding carboxylic acids is 2. The summed E-state index contributed by atoms with van der Waals surface area (Å²) in [6.07, 6.45) is 4.39. The third-order valence-corrected chi connectivity index (χ3v) is 7.74. The number of hydrogen-bond acceptors (Lipinski definition) is 7. The van der Waals surface area contributed by atoms with E-state index in [0.29, 0.717) is 45.1 Å². The molecule has 1 saturated carbocycles. The number of hydrogen-bond donors (Lipinski definition) is 2. The number of nitrogens with one attached hydrogen (secondary N) is 1. The molecular formula is C29H42N2O8. The van der Waals surface area contributed by atoms with Crippen molar-refractivity contribution in [2.45, 2.75) is 94.9 Å². The number of benzene rings is 1. The van der Waals surface area contributed by atoms with Gasteiger partial charge in [-0.15, -0.1) is 0 Å². The maximum Gasteiger partial charge on any atom is 0.410 e. The zero-order valence-electron chi connectivity index (χ0n) is 23.3. The van der Waals surface area contributed by atoms with Gasteiger partial charge >= 0.3 is 12.1 Å². The molecule has 10 nitrogen and oxygen atoms in total. The molecule has 4 rings (SSSR count). The molecule has 10 heteroatoms. The first-order valence-electron chi connectivity index (χ1n) is 14.0. The Morgan fingerprint density at radius 2 is 1.92 bits per heavy atom. The lowest BCUT2D eigenvalue weighted by Crippen LogP contribution is -2.65. The van der Waals surface area contributed by atoms with E-state index in [2.05, 4.69) is 11.4 Å². The molecule has 1 aliphatic carbocycles. The minimum atomic E-state index is -0.818. The van der Waals surface area contributed by atoms with Crippen LogP contribution in [0.4, 0.5) is 4.79 Å². The quantitative estimate of drug-likeness (QED) is 0.448. The zero-order chi connectivity index (χ0) is 28.0. The summed E-state index contributed by atoms with van der Waals surface area (Å²) in [5.74, 6) is 0.159. The third-order valence-electron chi connectivity index (χ3n) is 7.74. The van der Waals surface area contributed by atoms with Gasteiger partial charge in [0.2, 0.25) is 5.91 Å². The number of carbonyl (C=O) groups is 3. The topological polar surface area (TPSA) is 124 Å². The van der Waals surface area contributed by atoms with E-state index >= 15 is 0 Å². The van der Waals surface area contributed by atoms with Crippen molar-refractivity contribution in [3.05, 3.63) is 29.8 Å². The van der Waals surface area contributed by atoms with Crippen LogP contribution in [0.15, 0.2) is 24.3 Å². The van der Waals surface area contributed by atoms with Gasteiger partial charge in [-0.3, -0.25) is 9.59 Å². The Morgan fingerprint density at radius 1 is 1.18 bits per heavy atom. The van der Waals surface area contributed by atoms with Gasteiger partial charge in [-0.1, -0.05) is 18.2 Å². The highest BCUT2D eigenvalue weighted by Gasteiger charge is 2.53. The Labute approximate surface area is 230 Å². The van der Waals surface area contributed by atoms with E-state index in [-0.39, 0.29) is 31.1 Å². The van der Waals surface area contributed by atoms with Crippen LogP contribution in [-0.4, -0.2) is 84.2 Å². The van der Waals surface area contributed by atoms with E-state index in [9.17, 15) is 14.4 Å². The second-order valence-corrected chi connectivity index (χ2v) is 11.8. The molecular weight excluding hydrogens is 504 g/mol. The smallest absolute Gasteiger partial charge is 0.410 e. The van der Waals surface area contributed by atoms with Crippen molar-refractivity contribution >= 4 is 18.0 Å². The Balaban J connectivity index is 1.35. The second kappa shape index (κ2) is 12.6. The first-order chi connectivity index (χ1) is 18.6. The number of likely N-dealkylation sites (tertiary alicyclic amines) is 1. The lowest BCUT2D eigenvalue weighted by atomic mass is 9.82. The normalized spacial score (nSPS) is 27.3. The average molecular weight is 547 g/mol. The van der Waals surface area contributed by atoms with Crippen molar-refractivity contribution in [2.24, 2.45) is 0 Å². The molecule has 1 aromatic rings. The Morgan fingerprint density at radius 3 is 2.62 bits per heavy atom. The third kappa shape index (κ3) is 7.63. The molecule has 3 aliphatic rings. The summed E-state index contributed by atoms with van der Waals surface area (Å²) in [5, 5.41) is 12.0. The van der Waals surface area contributed by atoms with E-state index < -0.39 is 23.2 Å². The molecule has 2 saturated heterocycles. The van der Waals surface area contributed by atoms with Crippen LogP contribution in [0, 0.1) is 0 Å². The molecule has 0 bridgehead atoms. The van der Waals surface area contributed by atoms with Crippen LogP contribution in [0.25, 0.3) is 0 Å². The molecule has 2 aliphatic heterocycles. The van der Waals surface area contributed by atoms with Gasteiger partial charge < -0.3 is 34.3 Å². The standard InChI is InChI=1S/C29H42N2O8/c1-28(2,3)39-27(35)31-15-14-29(19-36-18-25(32)30-29)24(31)17-38-21-12-10-20(11-13-21)22-7-4-5-8-23(22)37-16-6-9-26(33)34/h4-5,7-8,20-21,24H,6,9-19H2,1-3H3,(H,30,32)(H,33,34)/t20?,21?,24-,29+/m0/s1. The molecule has 2 N–H and O–H groups in total. The lowest BCUT2D eigenvalue weighted by molar-refractivity contribution is -0.138. The predicted octanol–water partition coefficient (Wildman–Crippen LogP) is 3.87. The van der Waals surface area contributed by atoms with Crippen molar-refractivity contribution in [1.29, 1.82) is 0 Å². The first-order valence-corrected chi connectivity index (χ1v) is 14.0. The minimum absolute atomic E-state index is 0.0243. The van der Waals surface area contributed by atoms with E-state index in [1.54, 1.807) is 4.90 Å². The van der Waals surface area contributed by atoms with Crippen molar-refractivity contribution < 1.29 is 38.4 Å². The highest BCUT2D eigenvalue weighted by Crippen LogP contribution is 2.39. The summed E-state index contributed by atoms with van der Waals surface area (Å²) in [5.41, 5.74) is -0.154. The van der Waals surface area contributed by atoms with Crippen LogP contribution in [0.3, 0.4) is 0 Å². The minimum Gasteiger partial charge on any atom is -0.493 e. The fraction of sp³-hybridized carbons (Fsp3) is 0.690. The molecule has 2 atom stereocenters. The van der Waals surface area contributed by atoms with Gasteiger partial charge in [-0.2, -0.15) is 0 Å². The lowest BCUT2D eigenvalue weighted by Gasteiger charge is -2.41. The van der Waals surface area contributed by atoms with Crippen LogP contribution < -0.4 is 10.1 Å². The zero-order valence-corrected chi connectivity index (χ0v) is 23.3. The number of carboxylic acid groups (broad SMARTS) is 1. The van der Waals surface area contributed by atoms with Gasteiger partial charge in [-0.25, -0.2) is 4.79 Å². The Kier molecular flexibility index (Phi) is 9.38. The van der Waals surface area contributed by atoms with Gasteiger partial charge in [0, 0.05) is 13.0 Å². The monoisotopic (exact) mass is 546 g/mol. The van der Waals surface area contributed by atoms with Gasteiger partial charge in [0.05, 0.1) is 37.5 Å². The molecule has 2 heterocycles. The van der Waals surface area contributed by atoms with Crippen molar-refractivity contribution in [1.82, 2.24) is 10.2 Å². The molecule has 3 fully saturated rings. The largest absolute Gasteiger partial charge is 0.493 e. The Bertz CT molecular complexity index is 1020. The van der Waals surface area contributed by atoms with Gasteiger partial charge in [-0.05, 0) is 76.8 Å². The van der Waals surface area contributed by atoms with Crippen LogP contribution in [-0.2, 0) is 23.8 Å². The summed E-state index contributed by atoms with van der Waals surface area (Å²) in [6, 6.07) is 7.60. The highest BCUT2D eigenvalue weighted by molar-refractivity contribution is 5.79. The molecule has 2 amide bonds. The predicted molar refractivity (Wildman–Crippen MR) is 143 cm³/mol. The maximum absolute atomic E-state index is 13.0. The summed E-state index contributed by atoms with van der Waals surface area (Å²) in [4.78, 5) is 37.8. The van der Waals surface area contributed by atoms with Crippen molar-refractivity contribution in [3.8, 4) is 5.75 Å². The summed E-state index contributed by atoms with van der Waals surface area (Å²) in [6.45, 7) is 7.00. The first kappa shape index (κ1) is 29.1. The summed E-state index contributed by atoms with van der Waals surface area (Å²) in [7, 11) is 0. The van der Waals surface area contributed by atoms with E-state index in [1.165, 1.54) is 0 Å². The van der Waals surface area contributed by atoms with Crippen LogP contribution in [0.5, 0.6) is 5.75 Å². The number of carboxylic acids is 1. The number of para-hydroxylation sites is 1. The average Bonchev–Trinajstić information content (AvgIpc) is 3.21. The number of ether oxygens (including phenoxy) is 4. The van der Waals surface area contributed by atoms with Crippen molar-refractivity contribution in [3.63, 3.8) is 0 Å². The maximum atomic E-state index is 13.0. The molecule has 216 valence electrons. The summed E-state index contributed by atoms with van der Waals surface area (Å²) < 4.78 is 23.6. The van der Waals surface area contributed by atoms with Gasteiger partial charge in [0.25, 0.3) is 0 Å². The SMILES string of the molecule is CC(C)(C)OC(=O)N1CC[C@@]2(COCC(=O)N2)[C@@H]1COC1CCC(c2ccccc2OCCCC(=O)O)CC1. The number of aliphatic carboxylic acids is 1. The summed E-state index contributed by atoms with van der Waals surface area (Å²) >= 11 is 0. The van der Waals surface area contributed by atoms with E-state index in [1.807, 2.05) is 39.0 Å². The van der Waals surface area contributed by atoms with Crippen LogP contribution in [0.1, 0.15) is 77.2 Å². The highest BCUT2D eigenvalue weighted by atomic mass is 16.6. The molecule has 39 heavy (non-hydrogen) atoms. The fourth-order valence-corrected chi connectivity index (χ4v) is 5.84. The molecule has 1 aromatic carbocycles. The fourth-order valence-electron chi connectivity index (χ4n) is 5.84. The molecule has 1 spiro atoms. The number of morpholine rings is 1. The Hall–Kier alpha value is -2.85. The number of rotatable bonds is 9. The van der Waals surface area contributed by atoms with Crippen molar-refractivity contribution in [2.75, 3.05) is 33.0 Å². The molecule has 0 aromatic heterocycles. The molecule has 0 radical (unpaired) electrons. The van der Waals surface area contributed by atoms with Gasteiger partial charge in [0.15, 0.2) is 0 Å². The second-order valence-electron chi connectivity index (χ2n) is 11.8. The number of amides is 2. The number of nitrogens with zero attached hydrogens (tertiary/aromatic N) is 1. The van der Waals surface area contributed by atoms with Gasteiger partial charge in [0.1, 0.15) is 18.0 Å². The van der Waals surface area contributed by atoms with Crippen LogP contribution >= 0.6 is 0 Å². The molecule has 0 unspecified atom stereocenters. The van der Waals surface area contributed by atoms with Crippen LogP contribution in [0.2, 0.25) is 0 Å².